The number of rotatable bonds is 7. The zero-order valence-corrected chi connectivity index (χ0v) is 18.0. The third-order valence-electron chi connectivity index (χ3n) is 4.79. The highest BCUT2D eigenvalue weighted by atomic mass is 35.5. The van der Waals surface area contributed by atoms with Crippen molar-refractivity contribution in [3.8, 4) is 0 Å². The standard InChI is InChI=1S/C20H24Cl2N4O3/c1-12(2)19-24-17(29-25-19)6-3-7-18(27)26-8-4-5-16(26)20(28)23-15-10-13(21)9-14(22)11-15/h9-12,16H,3-8H2,1-2H3,(H,23,28). The predicted octanol–water partition coefficient (Wildman–Crippen LogP) is 4.45. The van der Waals surface area contributed by atoms with Gasteiger partial charge in [0.25, 0.3) is 0 Å². The number of nitrogens with one attached hydrogen (secondary N) is 1. The monoisotopic (exact) mass is 438 g/mol. The van der Waals surface area contributed by atoms with E-state index >= 15 is 0 Å². The first kappa shape index (κ1) is 21.6. The molecule has 29 heavy (non-hydrogen) atoms. The minimum absolute atomic E-state index is 0.0459. The van der Waals surface area contributed by atoms with Crippen LogP contribution in [0, 0.1) is 0 Å². The highest BCUT2D eigenvalue weighted by molar-refractivity contribution is 6.35. The lowest BCUT2D eigenvalue weighted by Crippen LogP contribution is -2.43. The van der Waals surface area contributed by atoms with Gasteiger partial charge < -0.3 is 14.7 Å². The average molecular weight is 439 g/mol. The van der Waals surface area contributed by atoms with Crippen molar-refractivity contribution in [3.63, 3.8) is 0 Å². The van der Waals surface area contributed by atoms with Crippen molar-refractivity contribution in [2.24, 2.45) is 0 Å². The van der Waals surface area contributed by atoms with E-state index in [2.05, 4.69) is 15.5 Å². The van der Waals surface area contributed by atoms with E-state index in [1.807, 2.05) is 13.8 Å². The molecule has 2 heterocycles. The number of carbonyl (C=O) groups is 2. The Bertz CT molecular complexity index is 864. The Kier molecular flexibility index (Phi) is 7.14. The summed E-state index contributed by atoms with van der Waals surface area (Å²) in [6.45, 7) is 4.56. The lowest BCUT2D eigenvalue weighted by atomic mass is 10.1. The molecule has 1 saturated heterocycles. The molecule has 7 nitrogen and oxygen atoms in total. The number of amides is 2. The van der Waals surface area contributed by atoms with Crippen LogP contribution in [0.1, 0.15) is 57.2 Å². The molecule has 0 radical (unpaired) electrons. The van der Waals surface area contributed by atoms with Crippen molar-refractivity contribution in [1.29, 1.82) is 0 Å². The fraction of sp³-hybridized carbons (Fsp3) is 0.500. The van der Waals surface area contributed by atoms with Crippen molar-refractivity contribution in [1.82, 2.24) is 15.0 Å². The number of nitrogens with zero attached hydrogens (tertiary/aromatic N) is 3. The molecule has 0 saturated carbocycles. The first-order valence-electron chi connectivity index (χ1n) is 9.72. The van der Waals surface area contributed by atoms with Crippen LogP contribution in [0.2, 0.25) is 10.0 Å². The fourth-order valence-corrected chi connectivity index (χ4v) is 3.85. The molecule has 1 fully saturated rings. The molecule has 3 rings (SSSR count). The van der Waals surface area contributed by atoms with Crippen LogP contribution in [0.15, 0.2) is 22.7 Å². The number of hydrogen-bond acceptors (Lipinski definition) is 5. The number of aryl methyl sites for hydroxylation is 1. The van der Waals surface area contributed by atoms with Crippen molar-refractivity contribution < 1.29 is 14.1 Å². The Labute approximate surface area is 179 Å². The Balaban J connectivity index is 1.53. The number of hydrogen-bond donors (Lipinski definition) is 1. The Morgan fingerprint density at radius 2 is 2.00 bits per heavy atom. The van der Waals surface area contributed by atoms with Gasteiger partial charge in [0.1, 0.15) is 6.04 Å². The molecular weight excluding hydrogens is 415 g/mol. The van der Waals surface area contributed by atoms with Gasteiger partial charge in [0.05, 0.1) is 0 Å². The maximum Gasteiger partial charge on any atom is 0.247 e. The Hall–Kier alpha value is -2.12. The molecule has 1 N–H and O–H groups in total. The highest BCUT2D eigenvalue weighted by Crippen LogP contribution is 2.25. The summed E-state index contributed by atoms with van der Waals surface area (Å²) in [4.78, 5) is 31.3. The summed E-state index contributed by atoms with van der Waals surface area (Å²) in [7, 11) is 0. The Morgan fingerprint density at radius 1 is 1.28 bits per heavy atom. The van der Waals surface area contributed by atoms with Gasteiger partial charge in [-0.1, -0.05) is 42.2 Å². The molecule has 2 amide bonds. The summed E-state index contributed by atoms with van der Waals surface area (Å²) in [5.41, 5.74) is 0.518. The van der Waals surface area contributed by atoms with E-state index in [1.165, 1.54) is 0 Å². The van der Waals surface area contributed by atoms with Crippen molar-refractivity contribution in [3.05, 3.63) is 40.0 Å². The second kappa shape index (κ2) is 9.59. The molecule has 156 valence electrons. The van der Waals surface area contributed by atoms with Gasteiger partial charge in [-0.25, -0.2) is 0 Å². The summed E-state index contributed by atoms with van der Waals surface area (Å²) in [5.74, 6) is 1.13. The summed E-state index contributed by atoms with van der Waals surface area (Å²) in [6.07, 6.45) is 2.88. The minimum Gasteiger partial charge on any atom is -0.339 e. The molecular formula is C20H24Cl2N4O3. The second-order valence-corrected chi connectivity index (χ2v) is 8.32. The van der Waals surface area contributed by atoms with E-state index in [-0.39, 0.29) is 17.7 Å². The molecule has 9 heteroatoms. The number of halogens is 2. The lowest BCUT2D eigenvalue weighted by molar-refractivity contribution is -0.136. The molecule has 1 aliphatic rings. The van der Waals surface area contributed by atoms with Crippen molar-refractivity contribution >= 4 is 40.7 Å². The largest absolute Gasteiger partial charge is 0.339 e. The van der Waals surface area contributed by atoms with E-state index in [4.69, 9.17) is 27.7 Å². The normalized spacial score (nSPS) is 16.4. The third-order valence-corrected chi connectivity index (χ3v) is 5.22. The number of benzene rings is 1. The van der Waals surface area contributed by atoms with E-state index in [0.29, 0.717) is 59.7 Å². The van der Waals surface area contributed by atoms with Crippen LogP contribution < -0.4 is 5.32 Å². The topological polar surface area (TPSA) is 88.3 Å². The van der Waals surface area contributed by atoms with Crippen molar-refractivity contribution in [2.75, 3.05) is 11.9 Å². The first-order chi connectivity index (χ1) is 13.8. The number of aromatic nitrogens is 2. The smallest absolute Gasteiger partial charge is 0.247 e. The van der Waals surface area contributed by atoms with Crippen LogP contribution in [0.5, 0.6) is 0 Å². The van der Waals surface area contributed by atoms with Crippen LogP contribution >= 0.6 is 23.2 Å². The predicted molar refractivity (Wildman–Crippen MR) is 111 cm³/mol. The Morgan fingerprint density at radius 3 is 2.66 bits per heavy atom. The summed E-state index contributed by atoms with van der Waals surface area (Å²) in [6, 6.07) is 4.36. The number of anilines is 1. The summed E-state index contributed by atoms with van der Waals surface area (Å²) >= 11 is 12.0. The van der Waals surface area contributed by atoms with Gasteiger partial charge in [-0.2, -0.15) is 4.98 Å². The zero-order chi connectivity index (χ0) is 21.0. The van der Waals surface area contributed by atoms with Crippen molar-refractivity contribution in [2.45, 2.75) is 57.9 Å². The number of carbonyl (C=O) groups excluding carboxylic acids is 2. The molecule has 1 unspecified atom stereocenters. The van der Waals surface area contributed by atoms with Crippen LogP contribution in [0.3, 0.4) is 0 Å². The molecule has 1 aliphatic heterocycles. The van der Waals surface area contributed by atoms with E-state index in [9.17, 15) is 9.59 Å². The van der Waals surface area contributed by atoms with Gasteiger partial charge in [0.2, 0.25) is 17.7 Å². The highest BCUT2D eigenvalue weighted by Gasteiger charge is 2.33. The van der Waals surface area contributed by atoms with Gasteiger partial charge in [0.15, 0.2) is 5.82 Å². The molecule has 2 aromatic rings. The molecule has 1 aromatic carbocycles. The first-order valence-corrected chi connectivity index (χ1v) is 10.5. The fourth-order valence-electron chi connectivity index (χ4n) is 3.33. The molecule has 1 aromatic heterocycles. The molecule has 1 atom stereocenters. The summed E-state index contributed by atoms with van der Waals surface area (Å²) in [5, 5.41) is 7.61. The van der Waals surface area contributed by atoms with Crippen LogP contribution in [0.4, 0.5) is 5.69 Å². The molecule has 0 bridgehead atoms. The minimum atomic E-state index is -0.490. The van der Waals surface area contributed by atoms with Crippen LogP contribution in [-0.4, -0.2) is 39.4 Å². The lowest BCUT2D eigenvalue weighted by Gasteiger charge is -2.24. The van der Waals surface area contributed by atoms with Gasteiger partial charge in [-0.3, -0.25) is 9.59 Å². The van der Waals surface area contributed by atoms with Gasteiger partial charge >= 0.3 is 0 Å². The maximum atomic E-state index is 12.7. The molecule has 0 spiro atoms. The maximum absolute atomic E-state index is 12.7. The SMILES string of the molecule is CC(C)c1noc(CCCC(=O)N2CCCC2C(=O)Nc2cc(Cl)cc(Cl)c2)n1. The zero-order valence-electron chi connectivity index (χ0n) is 16.5. The number of likely N-dealkylation sites (tertiary alicyclic amines) is 1. The quantitative estimate of drug-likeness (QED) is 0.689. The average Bonchev–Trinajstić information content (AvgIpc) is 3.30. The molecule has 0 aliphatic carbocycles. The van der Waals surface area contributed by atoms with Gasteiger partial charge in [-0.05, 0) is 37.5 Å². The van der Waals surface area contributed by atoms with Crippen LogP contribution in [0.25, 0.3) is 0 Å². The summed E-state index contributed by atoms with van der Waals surface area (Å²) < 4.78 is 5.21. The van der Waals surface area contributed by atoms with E-state index in [1.54, 1.807) is 23.1 Å². The van der Waals surface area contributed by atoms with E-state index < -0.39 is 6.04 Å². The third kappa shape index (κ3) is 5.70. The second-order valence-electron chi connectivity index (χ2n) is 7.45. The van der Waals surface area contributed by atoms with Gasteiger partial charge in [-0.15, -0.1) is 0 Å². The van der Waals surface area contributed by atoms with Crippen LogP contribution in [-0.2, 0) is 16.0 Å². The van der Waals surface area contributed by atoms with E-state index in [0.717, 1.165) is 6.42 Å². The van der Waals surface area contributed by atoms with Gasteiger partial charge in [0, 0.05) is 41.0 Å².